The second-order valence-corrected chi connectivity index (χ2v) is 3.65. The predicted octanol–water partition coefficient (Wildman–Crippen LogP) is -0.787. The molecular formula is C12H16BrNO. The van der Waals surface area contributed by atoms with Crippen molar-refractivity contribution in [1.82, 2.24) is 0 Å². The Bertz CT molecular complexity index is 348. The number of ether oxygens (including phenoxy) is 1. The van der Waals surface area contributed by atoms with Crippen molar-refractivity contribution in [3.05, 3.63) is 35.9 Å². The van der Waals surface area contributed by atoms with Gasteiger partial charge in [-0.05, 0) is 0 Å². The molecule has 15 heavy (non-hydrogen) atoms. The van der Waals surface area contributed by atoms with Crippen LogP contribution in [0.4, 0.5) is 0 Å². The van der Waals surface area contributed by atoms with Crippen LogP contribution in [-0.2, 0) is 4.74 Å². The number of hydrogen-bond donors (Lipinski definition) is 0. The van der Waals surface area contributed by atoms with Gasteiger partial charge in [-0.2, -0.15) is 4.58 Å². The summed E-state index contributed by atoms with van der Waals surface area (Å²) >= 11 is 0. The zero-order chi connectivity index (χ0) is 9.97. The topological polar surface area (TPSA) is 12.2 Å². The lowest BCUT2D eigenvalue weighted by atomic mass is 10.1. The minimum atomic E-state index is 0. The van der Waals surface area contributed by atoms with E-state index in [-0.39, 0.29) is 17.0 Å². The van der Waals surface area contributed by atoms with Crippen LogP contribution >= 0.6 is 0 Å². The third-order valence-corrected chi connectivity index (χ3v) is 2.80. The van der Waals surface area contributed by atoms with Crippen LogP contribution in [0.1, 0.15) is 25.5 Å². The van der Waals surface area contributed by atoms with Crippen molar-refractivity contribution in [2.75, 3.05) is 13.2 Å². The van der Waals surface area contributed by atoms with E-state index in [1.807, 2.05) is 13.0 Å². The Morgan fingerprint density at radius 3 is 2.47 bits per heavy atom. The first-order valence-electron chi connectivity index (χ1n) is 5.07. The van der Waals surface area contributed by atoms with Crippen molar-refractivity contribution in [2.45, 2.75) is 19.9 Å². The number of halogens is 1. The molecule has 1 aromatic carbocycles. The van der Waals surface area contributed by atoms with Crippen LogP contribution in [0.25, 0.3) is 0 Å². The molecule has 1 unspecified atom stereocenters. The molecule has 1 aliphatic heterocycles. The Hall–Kier alpha value is -0.830. The molecule has 0 aromatic heterocycles. The summed E-state index contributed by atoms with van der Waals surface area (Å²) < 4.78 is 7.75. The Balaban J connectivity index is 0.00000112. The molecule has 0 spiro atoms. The largest absolute Gasteiger partial charge is 1.00 e. The molecule has 0 fully saturated rings. The first-order valence-corrected chi connectivity index (χ1v) is 5.07. The third-order valence-electron chi connectivity index (χ3n) is 2.80. The molecular weight excluding hydrogens is 254 g/mol. The van der Waals surface area contributed by atoms with Crippen LogP contribution in [-0.4, -0.2) is 23.6 Å². The Morgan fingerprint density at radius 1 is 1.27 bits per heavy atom. The number of rotatable bonds is 2. The third kappa shape index (κ3) is 2.59. The number of hydrogen-bond acceptors (Lipinski definition) is 1. The van der Waals surface area contributed by atoms with E-state index in [0.717, 1.165) is 19.0 Å². The normalized spacial score (nSPS) is 16.9. The van der Waals surface area contributed by atoms with Crippen LogP contribution in [0.3, 0.4) is 0 Å². The molecule has 82 valence electrons. The summed E-state index contributed by atoms with van der Waals surface area (Å²) in [6, 6.07) is 11.0. The maximum absolute atomic E-state index is 5.45. The molecule has 1 heterocycles. The van der Waals surface area contributed by atoms with Gasteiger partial charge in [0.25, 0.3) is 0 Å². The van der Waals surface area contributed by atoms with Crippen molar-refractivity contribution < 1.29 is 26.3 Å². The number of benzene rings is 1. The summed E-state index contributed by atoms with van der Waals surface area (Å²) in [5.41, 5.74) is 1.34. The maximum Gasteiger partial charge on any atom is 0.333 e. The zero-order valence-electron chi connectivity index (χ0n) is 9.11. The van der Waals surface area contributed by atoms with Crippen LogP contribution in [0.2, 0.25) is 0 Å². The molecule has 0 N–H and O–H groups in total. The van der Waals surface area contributed by atoms with E-state index >= 15 is 0 Å². The molecule has 1 atom stereocenters. The Morgan fingerprint density at radius 2 is 1.93 bits per heavy atom. The molecule has 2 nitrogen and oxygen atoms in total. The highest BCUT2D eigenvalue weighted by molar-refractivity contribution is 5.68. The lowest BCUT2D eigenvalue weighted by Crippen LogP contribution is -3.00. The molecule has 0 saturated carbocycles. The van der Waals surface area contributed by atoms with E-state index < -0.39 is 0 Å². The van der Waals surface area contributed by atoms with E-state index in [1.54, 1.807) is 0 Å². The van der Waals surface area contributed by atoms with E-state index in [1.165, 1.54) is 5.56 Å². The van der Waals surface area contributed by atoms with Crippen molar-refractivity contribution >= 4 is 5.90 Å². The molecule has 3 heteroatoms. The molecule has 0 amide bonds. The highest BCUT2D eigenvalue weighted by Gasteiger charge is 2.26. The highest BCUT2D eigenvalue weighted by atomic mass is 79.9. The van der Waals surface area contributed by atoms with Crippen LogP contribution in [0.5, 0.6) is 0 Å². The summed E-state index contributed by atoms with van der Waals surface area (Å²) in [7, 11) is 0. The Labute approximate surface area is 101 Å². The molecule has 2 rings (SSSR count). The fourth-order valence-electron chi connectivity index (χ4n) is 1.91. The van der Waals surface area contributed by atoms with E-state index in [0.29, 0.717) is 6.04 Å². The van der Waals surface area contributed by atoms with Gasteiger partial charge in [-0.3, -0.25) is 0 Å². The average molecular weight is 270 g/mol. The standard InChI is InChI=1S/C12H16NO.BrH/c1-10(12-6-4-3-5-7-12)13-8-9-14-11(13)2;/h3-7,10H,8-9H2,1-2H3;1H/q+1;/p-1. The van der Waals surface area contributed by atoms with Crippen molar-refractivity contribution in [3.63, 3.8) is 0 Å². The quantitative estimate of drug-likeness (QED) is 0.642. The predicted molar refractivity (Wildman–Crippen MR) is 56.6 cm³/mol. The van der Waals surface area contributed by atoms with Gasteiger partial charge in [0.2, 0.25) is 0 Å². The van der Waals surface area contributed by atoms with Gasteiger partial charge in [-0.1, -0.05) is 30.3 Å². The van der Waals surface area contributed by atoms with Gasteiger partial charge in [0, 0.05) is 12.5 Å². The molecule has 0 bridgehead atoms. The van der Waals surface area contributed by atoms with Gasteiger partial charge < -0.3 is 21.7 Å². The Kier molecular flexibility index (Phi) is 4.33. The van der Waals surface area contributed by atoms with Gasteiger partial charge in [-0.15, -0.1) is 0 Å². The highest BCUT2D eigenvalue weighted by Crippen LogP contribution is 2.18. The summed E-state index contributed by atoms with van der Waals surface area (Å²) in [4.78, 5) is 0. The van der Waals surface area contributed by atoms with Gasteiger partial charge in [0.05, 0.1) is 6.92 Å². The number of nitrogens with zero attached hydrogens (tertiary/aromatic N) is 1. The second-order valence-electron chi connectivity index (χ2n) is 3.65. The fraction of sp³-hybridized carbons (Fsp3) is 0.417. The van der Waals surface area contributed by atoms with E-state index in [9.17, 15) is 0 Å². The lowest BCUT2D eigenvalue weighted by Gasteiger charge is -2.07. The minimum absolute atomic E-state index is 0. The SMILES string of the molecule is CC1=[N+](C(C)c2ccccc2)CCO1.[Br-]. The van der Waals surface area contributed by atoms with Crippen molar-refractivity contribution in [1.29, 1.82) is 0 Å². The smallest absolute Gasteiger partial charge is 0.333 e. The fourth-order valence-corrected chi connectivity index (χ4v) is 1.91. The first kappa shape index (κ1) is 12.2. The van der Waals surface area contributed by atoms with Crippen molar-refractivity contribution in [3.8, 4) is 0 Å². The van der Waals surface area contributed by atoms with Gasteiger partial charge >= 0.3 is 5.90 Å². The molecule has 0 aliphatic carbocycles. The molecule has 0 saturated heterocycles. The molecule has 1 aliphatic rings. The van der Waals surface area contributed by atoms with Gasteiger partial charge in [-0.25, -0.2) is 0 Å². The maximum atomic E-state index is 5.45. The van der Waals surface area contributed by atoms with Crippen LogP contribution in [0, 0.1) is 0 Å². The molecule has 1 aromatic rings. The summed E-state index contributed by atoms with van der Waals surface area (Å²) in [6.07, 6.45) is 0. The molecule has 0 radical (unpaired) electrons. The lowest BCUT2D eigenvalue weighted by molar-refractivity contribution is -0.560. The monoisotopic (exact) mass is 269 g/mol. The van der Waals surface area contributed by atoms with Gasteiger partial charge in [0.1, 0.15) is 0 Å². The summed E-state index contributed by atoms with van der Waals surface area (Å²) in [5, 5.41) is 0. The minimum Gasteiger partial charge on any atom is -1.00 e. The first-order chi connectivity index (χ1) is 6.79. The van der Waals surface area contributed by atoms with Crippen LogP contribution in [0.15, 0.2) is 30.3 Å². The van der Waals surface area contributed by atoms with E-state index in [2.05, 4.69) is 35.8 Å². The summed E-state index contributed by atoms with van der Waals surface area (Å²) in [5.74, 6) is 1.04. The summed E-state index contributed by atoms with van der Waals surface area (Å²) in [6.45, 7) is 6.07. The van der Waals surface area contributed by atoms with Crippen LogP contribution < -0.4 is 17.0 Å². The zero-order valence-corrected chi connectivity index (χ0v) is 10.7. The van der Waals surface area contributed by atoms with E-state index in [4.69, 9.17) is 4.74 Å². The second kappa shape index (κ2) is 5.31. The average Bonchev–Trinajstić information content (AvgIpc) is 2.65. The van der Waals surface area contributed by atoms with Gasteiger partial charge in [0.15, 0.2) is 19.2 Å². The van der Waals surface area contributed by atoms with Crippen molar-refractivity contribution in [2.24, 2.45) is 0 Å².